The molecule has 2 unspecified atom stereocenters. The first-order chi connectivity index (χ1) is 5.37. The Morgan fingerprint density at radius 2 is 1.75 bits per heavy atom. The number of nitrogens with zero attached hydrogens (tertiary/aromatic N) is 1. The first-order valence-corrected chi connectivity index (χ1v) is 4.55. The summed E-state index contributed by atoms with van der Waals surface area (Å²) in [5.74, 6) is 0. The van der Waals surface area contributed by atoms with E-state index in [2.05, 4.69) is 21.0 Å². The smallest absolute Gasteiger partial charge is 0.105 e. The molecule has 2 atom stereocenters. The summed E-state index contributed by atoms with van der Waals surface area (Å²) in [4.78, 5) is 0. The number of rotatable bonds is 5. The van der Waals surface area contributed by atoms with E-state index in [1.165, 1.54) is 0 Å². The van der Waals surface area contributed by atoms with Crippen molar-refractivity contribution >= 4 is 0 Å². The molecule has 0 aliphatic carbocycles. The molecule has 0 saturated heterocycles. The van der Waals surface area contributed by atoms with Gasteiger partial charge < -0.3 is 14.7 Å². The van der Waals surface area contributed by atoms with Gasteiger partial charge in [-0.3, -0.25) is 0 Å². The van der Waals surface area contributed by atoms with Crippen molar-refractivity contribution < 1.29 is 14.7 Å². The Labute approximate surface area is 75.2 Å². The zero-order valence-electron chi connectivity index (χ0n) is 8.62. The predicted molar refractivity (Wildman–Crippen MR) is 49.8 cm³/mol. The molecule has 12 heavy (non-hydrogen) atoms. The molecule has 0 aromatic heterocycles. The third-order valence-corrected chi connectivity index (χ3v) is 2.17. The molecule has 0 aliphatic heterocycles. The van der Waals surface area contributed by atoms with E-state index in [-0.39, 0.29) is 6.10 Å². The van der Waals surface area contributed by atoms with Gasteiger partial charge in [0.25, 0.3) is 0 Å². The summed E-state index contributed by atoms with van der Waals surface area (Å²) in [6, 6.07) is 0. The van der Waals surface area contributed by atoms with Gasteiger partial charge >= 0.3 is 0 Å². The summed E-state index contributed by atoms with van der Waals surface area (Å²) < 4.78 is 0.799. The van der Waals surface area contributed by atoms with Crippen LogP contribution in [0, 0.1) is 0 Å². The Hall–Kier alpha value is -0.120. The van der Waals surface area contributed by atoms with Crippen LogP contribution in [0.4, 0.5) is 0 Å². The van der Waals surface area contributed by atoms with Crippen LogP contribution in [-0.2, 0) is 0 Å². The maximum absolute atomic E-state index is 9.51. The minimum Gasteiger partial charge on any atom is -0.393 e. The molecule has 3 nitrogen and oxygen atoms in total. The second-order valence-corrected chi connectivity index (χ2v) is 4.17. The van der Waals surface area contributed by atoms with Crippen LogP contribution < -0.4 is 0 Å². The topological polar surface area (TPSA) is 40.5 Å². The van der Waals surface area contributed by atoms with Gasteiger partial charge in [-0.25, -0.2) is 0 Å². The molecule has 0 aliphatic rings. The van der Waals surface area contributed by atoms with Gasteiger partial charge in [-0.1, -0.05) is 0 Å². The van der Waals surface area contributed by atoms with Crippen LogP contribution in [0.2, 0.25) is 0 Å². The Morgan fingerprint density at radius 1 is 1.25 bits per heavy atom. The van der Waals surface area contributed by atoms with E-state index in [1.807, 2.05) is 0 Å². The molecule has 0 amide bonds. The van der Waals surface area contributed by atoms with Gasteiger partial charge in [-0.15, -0.1) is 0 Å². The van der Waals surface area contributed by atoms with Crippen LogP contribution in [0.3, 0.4) is 0 Å². The molecular weight excluding hydrogens is 154 g/mol. The molecule has 0 rings (SSSR count). The van der Waals surface area contributed by atoms with Gasteiger partial charge in [-0.2, -0.15) is 0 Å². The molecule has 74 valence electrons. The van der Waals surface area contributed by atoms with Crippen molar-refractivity contribution in [2.75, 3.05) is 27.2 Å². The average Bonchev–Trinajstić information content (AvgIpc) is 1.84. The molecule has 0 bridgehead atoms. The SMILES string of the molecule is CC[N+](C)(C)CC(O)CC(C)O. The van der Waals surface area contributed by atoms with Crippen molar-refractivity contribution in [3.8, 4) is 0 Å². The fourth-order valence-corrected chi connectivity index (χ4v) is 1.17. The summed E-state index contributed by atoms with van der Waals surface area (Å²) in [5, 5.41) is 18.5. The number of quaternary nitrogens is 1. The van der Waals surface area contributed by atoms with Crippen molar-refractivity contribution in [1.29, 1.82) is 0 Å². The van der Waals surface area contributed by atoms with Crippen LogP contribution in [0.25, 0.3) is 0 Å². The van der Waals surface area contributed by atoms with Crippen molar-refractivity contribution in [3.63, 3.8) is 0 Å². The largest absolute Gasteiger partial charge is 0.393 e. The van der Waals surface area contributed by atoms with Crippen molar-refractivity contribution in [2.24, 2.45) is 0 Å². The van der Waals surface area contributed by atoms with E-state index in [9.17, 15) is 5.11 Å². The van der Waals surface area contributed by atoms with Gasteiger partial charge in [0.2, 0.25) is 0 Å². The first-order valence-electron chi connectivity index (χ1n) is 4.55. The third kappa shape index (κ3) is 5.52. The van der Waals surface area contributed by atoms with Gasteiger partial charge in [0.15, 0.2) is 0 Å². The number of hydrogen-bond acceptors (Lipinski definition) is 2. The second kappa shape index (κ2) is 4.80. The minimum atomic E-state index is -0.406. The quantitative estimate of drug-likeness (QED) is 0.588. The third-order valence-electron chi connectivity index (χ3n) is 2.17. The molecule has 0 spiro atoms. The molecule has 0 aromatic rings. The maximum atomic E-state index is 9.51. The lowest BCUT2D eigenvalue weighted by Gasteiger charge is -2.30. The Balaban J connectivity index is 3.75. The normalized spacial score (nSPS) is 17.5. The number of aliphatic hydroxyl groups is 2. The second-order valence-electron chi connectivity index (χ2n) is 4.17. The van der Waals surface area contributed by atoms with E-state index in [4.69, 9.17) is 5.11 Å². The van der Waals surface area contributed by atoms with Gasteiger partial charge in [-0.05, 0) is 13.8 Å². The first kappa shape index (κ1) is 11.9. The van der Waals surface area contributed by atoms with Crippen molar-refractivity contribution in [3.05, 3.63) is 0 Å². The molecule has 0 heterocycles. The zero-order chi connectivity index (χ0) is 9.78. The van der Waals surface area contributed by atoms with Gasteiger partial charge in [0.1, 0.15) is 12.6 Å². The average molecular weight is 176 g/mol. The maximum Gasteiger partial charge on any atom is 0.105 e. The highest BCUT2D eigenvalue weighted by molar-refractivity contribution is 4.58. The lowest BCUT2D eigenvalue weighted by atomic mass is 10.1. The Kier molecular flexibility index (Phi) is 4.75. The monoisotopic (exact) mass is 176 g/mol. The number of hydrogen-bond donors (Lipinski definition) is 2. The zero-order valence-corrected chi connectivity index (χ0v) is 8.62. The standard InChI is InChI=1S/C9H22NO2/c1-5-10(3,4)7-9(12)6-8(2)11/h8-9,11-12H,5-7H2,1-4H3/q+1. The summed E-state index contributed by atoms with van der Waals surface area (Å²) >= 11 is 0. The minimum absolute atomic E-state index is 0.389. The molecule has 0 radical (unpaired) electrons. The van der Waals surface area contributed by atoms with Crippen LogP contribution >= 0.6 is 0 Å². The summed E-state index contributed by atoms with van der Waals surface area (Å²) in [7, 11) is 4.15. The highest BCUT2D eigenvalue weighted by atomic mass is 16.3. The van der Waals surface area contributed by atoms with Gasteiger partial charge in [0, 0.05) is 6.42 Å². The molecule has 0 aromatic carbocycles. The fourth-order valence-electron chi connectivity index (χ4n) is 1.17. The summed E-state index contributed by atoms with van der Waals surface area (Å²) in [6.07, 6.45) is -0.321. The van der Waals surface area contributed by atoms with E-state index in [1.54, 1.807) is 6.92 Å². The highest BCUT2D eigenvalue weighted by Crippen LogP contribution is 2.04. The molecular formula is C9H22NO2+. The Morgan fingerprint density at radius 3 is 2.08 bits per heavy atom. The molecule has 0 fully saturated rings. The predicted octanol–water partition coefficient (Wildman–Crippen LogP) is 0.214. The van der Waals surface area contributed by atoms with Crippen molar-refractivity contribution in [1.82, 2.24) is 0 Å². The van der Waals surface area contributed by atoms with E-state index in [0.29, 0.717) is 13.0 Å². The lowest BCUT2D eigenvalue weighted by Crippen LogP contribution is -2.45. The molecule has 2 N–H and O–H groups in total. The van der Waals surface area contributed by atoms with Crippen LogP contribution in [-0.4, -0.2) is 54.1 Å². The van der Waals surface area contributed by atoms with Crippen LogP contribution in [0.5, 0.6) is 0 Å². The highest BCUT2D eigenvalue weighted by Gasteiger charge is 2.19. The summed E-state index contributed by atoms with van der Waals surface area (Å²) in [5.41, 5.74) is 0. The van der Waals surface area contributed by atoms with E-state index in [0.717, 1.165) is 11.0 Å². The van der Waals surface area contributed by atoms with Crippen LogP contribution in [0.1, 0.15) is 20.3 Å². The lowest BCUT2D eigenvalue weighted by molar-refractivity contribution is -0.891. The van der Waals surface area contributed by atoms with E-state index >= 15 is 0 Å². The van der Waals surface area contributed by atoms with E-state index < -0.39 is 6.10 Å². The van der Waals surface area contributed by atoms with Crippen LogP contribution in [0.15, 0.2) is 0 Å². The molecule has 0 saturated carbocycles. The fraction of sp³-hybridized carbons (Fsp3) is 1.00. The Bertz CT molecular complexity index is 124. The summed E-state index contributed by atoms with van der Waals surface area (Å²) in [6.45, 7) is 5.50. The van der Waals surface area contributed by atoms with Gasteiger partial charge in [0.05, 0.1) is 26.7 Å². The molecule has 3 heteroatoms. The number of aliphatic hydroxyl groups excluding tert-OH is 2. The number of likely N-dealkylation sites (N-methyl/N-ethyl adjacent to an activating group) is 1. The van der Waals surface area contributed by atoms with Crippen molar-refractivity contribution in [2.45, 2.75) is 32.5 Å².